The molecule has 4 heterocycles. The Morgan fingerprint density at radius 2 is 1.91 bits per heavy atom. The Balaban J connectivity index is 1.27. The molecule has 3 aromatic heterocycles. The zero-order valence-corrected chi connectivity index (χ0v) is 20.2. The van der Waals surface area contributed by atoms with Gasteiger partial charge in [0.2, 0.25) is 0 Å². The van der Waals surface area contributed by atoms with Crippen molar-refractivity contribution in [2.45, 2.75) is 64.5 Å². The number of rotatable bonds is 5. The maximum atomic E-state index is 13.1. The van der Waals surface area contributed by atoms with E-state index in [-0.39, 0.29) is 5.56 Å². The molecule has 2 aliphatic rings. The van der Waals surface area contributed by atoms with Crippen molar-refractivity contribution in [3.05, 3.63) is 87.4 Å². The molecule has 1 fully saturated rings. The van der Waals surface area contributed by atoms with Crippen LogP contribution in [0.25, 0.3) is 17.1 Å². The number of hydrogen-bond acceptors (Lipinski definition) is 5. The topological polar surface area (TPSA) is 80.0 Å². The number of fused-ring (bicyclic) bond motifs is 1. The number of benzene rings is 1. The average Bonchev–Trinajstić information content (AvgIpc) is 3.51. The van der Waals surface area contributed by atoms with Gasteiger partial charge in [-0.05, 0) is 44.0 Å². The van der Waals surface area contributed by atoms with Gasteiger partial charge >= 0.3 is 0 Å². The van der Waals surface area contributed by atoms with Crippen LogP contribution in [0.2, 0.25) is 0 Å². The normalized spacial score (nSPS) is 16.9. The largest absolute Gasteiger partial charge is 0.460 e. The van der Waals surface area contributed by atoms with E-state index in [4.69, 9.17) is 14.5 Å². The minimum absolute atomic E-state index is 0.0298. The molecule has 4 aromatic rings. The molecule has 0 saturated heterocycles. The Labute approximate surface area is 204 Å². The molecule has 0 bridgehead atoms. The molecule has 0 amide bonds. The number of aryl methyl sites for hydroxylation is 1. The number of nitrogens with zero attached hydrogens (tertiary/aromatic N) is 4. The van der Waals surface area contributed by atoms with Crippen LogP contribution in [0.3, 0.4) is 0 Å². The van der Waals surface area contributed by atoms with E-state index in [1.807, 2.05) is 54.1 Å². The predicted octanol–water partition coefficient (Wildman–Crippen LogP) is 5.13. The SMILES string of the molecule is Cc1ccc(-c2nn(-c3ccccc3)cc2CN2CCc3nc(C4CCCCC4)[nH]c(=O)c3C2)o1. The number of aromatic nitrogens is 4. The van der Waals surface area contributed by atoms with Gasteiger partial charge in [-0.25, -0.2) is 9.67 Å². The van der Waals surface area contributed by atoms with Crippen molar-refractivity contribution in [1.29, 1.82) is 0 Å². The van der Waals surface area contributed by atoms with Gasteiger partial charge in [0.1, 0.15) is 17.3 Å². The number of nitrogens with one attached hydrogen (secondary N) is 1. The van der Waals surface area contributed by atoms with Gasteiger partial charge in [0.25, 0.3) is 5.56 Å². The maximum absolute atomic E-state index is 13.1. The summed E-state index contributed by atoms with van der Waals surface area (Å²) in [5.74, 6) is 2.93. The van der Waals surface area contributed by atoms with Crippen molar-refractivity contribution in [2.75, 3.05) is 6.54 Å². The fraction of sp³-hybridized carbons (Fsp3) is 0.393. The molecule has 0 radical (unpaired) electrons. The molecule has 180 valence electrons. The molecule has 1 aromatic carbocycles. The van der Waals surface area contributed by atoms with Crippen LogP contribution in [0, 0.1) is 6.92 Å². The Bertz CT molecular complexity index is 1380. The van der Waals surface area contributed by atoms with Gasteiger partial charge in [-0.3, -0.25) is 9.69 Å². The smallest absolute Gasteiger partial charge is 0.255 e. The molecule has 6 rings (SSSR count). The highest BCUT2D eigenvalue weighted by Gasteiger charge is 2.26. The lowest BCUT2D eigenvalue weighted by Gasteiger charge is -2.28. The molecule has 1 aliphatic carbocycles. The van der Waals surface area contributed by atoms with Crippen LogP contribution in [0.1, 0.15) is 66.4 Å². The fourth-order valence-corrected chi connectivity index (χ4v) is 5.45. The second-order valence-electron chi connectivity index (χ2n) is 9.87. The number of para-hydroxylation sites is 1. The summed E-state index contributed by atoms with van der Waals surface area (Å²) in [7, 11) is 0. The first-order chi connectivity index (χ1) is 17.1. The van der Waals surface area contributed by atoms with Crippen LogP contribution >= 0.6 is 0 Å². The van der Waals surface area contributed by atoms with E-state index in [0.29, 0.717) is 19.0 Å². The Morgan fingerprint density at radius 1 is 1.09 bits per heavy atom. The van der Waals surface area contributed by atoms with E-state index >= 15 is 0 Å². The Morgan fingerprint density at radius 3 is 2.69 bits per heavy atom. The number of furan rings is 1. The van der Waals surface area contributed by atoms with Crippen molar-refractivity contribution < 1.29 is 4.42 Å². The van der Waals surface area contributed by atoms with Crippen LogP contribution in [-0.2, 0) is 19.5 Å². The lowest BCUT2D eigenvalue weighted by Crippen LogP contribution is -2.36. The van der Waals surface area contributed by atoms with Crippen LogP contribution in [-0.4, -0.2) is 31.2 Å². The number of hydrogen-bond donors (Lipinski definition) is 1. The van der Waals surface area contributed by atoms with E-state index in [0.717, 1.165) is 71.4 Å². The van der Waals surface area contributed by atoms with Crippen molar-refractivity contribution in [1.82, 2.24) is 24.6 Å². The Hall–Kier alpha value is -3.45. The van der Waals surface area contributed by atoms with Crippen LogP contribution in [0.4, 0.5) is 0 Å². The molecule has 0 spiro atoms. The summed E-state index contributed by atoms with van der Waals surface area (Å²) in [6.45, 7) is 4.08. The zero-order chi connectivity index (χ0) is 23.8. The van der Waals surface area contributed by atoms with E-state index in [2.05, 4.69) is 16.1 Å². The summed E-state index contributed by atoms with van der Waals surface area (Å²) in [5.41, 5.74) is 4.74. The van der Waals surface area contributed by atoms with Gasteiger partial charge in [0.15, 0.2) is 5.76 Å². The van der Waals surface area contributed by atoms with Gasteiger partial charge in [0, 0.05) is 43.7 Å². The summed E-state index contributed by atoms with van der Waals surface area (Å²) < 4.78 is 7.84. The van der Waals surface area contributed by atoms with E-state index in [1.165, 1.54) is 19.3 Å². The highest BCUT2D eigenvalue weighted by atomic mass is 16.3. The fourth-order valence-electron chi connectivity index (χ4n) is 5.45. The summed E-state index contributed by atoms with van der Waals surface area (Å²) in [6, 6.07) is 14.0. The maximum Gasteiger partial charge on any atom is 0.255 e. The first-order valence-electron chi connectivity index (χ1n) is 12.7. The van der Waals surface area contributed by atoms with Crippen molar-refractivity contribution in [2.24, 2.45) is 0 Å². The third-order valence-electron chi connectivity index (χ3n) is 7.34. The van der Waals surface area contributed by atoms with Gasteiger partial charge < -0.3 is 9.40 Å². The standard InChI is InChI=1S/C28H31N5O2/c1-19-12-13-25(35-19)26-21(17-33(31-26)22-10-6-3-7-11-22)16-32-15-14-24-23(18-32)28(34)30-27(29-24)20-8-4-2-5-9-20/h3,6-7,10-13,17,20H,2,4-5,8-9,14-16,18H2,1H3,(H,29,30,34). The average molecular weight is 470 g/mol. The molecule has 0 unspecified atom stereocenters. The molecule has 1 aliphatic heterocycles. The predicted molar refractivity (Wildman–Crippen MR) is 135 cm³/mol. The molecule has 0 atom stereocenters. The minimum Gasteiger partial charge on any atom is -0.460 e. The third kappa shape index (κ3) is 4.48. The monoisotopic (exact) mass is 469 g/mol. The minimum atomic E-state index is 0.0298. The highest BCUT2D eigenvalue weighted by molar-refractivity contribution is 5.58. The second-order valence-corrected chi connectivity index (χ2v) is 9.87. The quantitative estimate of drug-likeness (QED) is 0.438. The Kier molecular flexibility index (Phi) is 5.86. The molecule has 7 heteroatoms. The van der Waals surface area contributed by atoms with Crippen molar-refractivity contribution in [3.63, 3.8) is 0 Å². The molecule has 7 nitrogen and oxygen atoms in total. The first kappa shape index (κ1) is 22.0. The van der Waals surface area contributed by atoms with Crippen LogP contribution < -0.4 is 5.56 Å². The number of H-pyrrole nitrogens is 1. The lowest BCUT2D eigenvalue weighted by atomic mass is 9.88. The lowest BCUT2D eigenvalue weighted by molar-refractivity contribution is 0.241. The summed E-state index contributed by atoms with van der Waals surface area (Å²) in [4.78, 5) is 23.4. The van der Waals surface area contributed by atoms with Crippen LogP contribution in [0.5, 0.6) is 0 Å². The molecule has 35 heavy (non-hydrogen) atoms. The zero-order valence-electron chi connectivity index (χ0n) is 20.2. The highest BCUT2D eigenvalue weighted by Crippen LogP contribution is 2.31. The van der Waals surface area contributed by atoms with Gasteiger partial charge in [-0.15, -0.1) is 0 Å². The summed E-state index contributed by atoms with van der Waals surface area (Å²) in [5, 5.41) is 4.87. The summed E-state index contributed by atoms with van der Waals surface area (Å²) in [6.07, 6.45) is 8.89. The van der Waals surface area contributed by atoms with Crippen molar-refractivity contribution in [3.8, 4) is 17.1 Å². The molecule has 1 N–H and O–H groups in total. The van der Waals surface area contributed by atoms with E-state index in [9.17, 15) is 4.79 Å². The van der Waals surface area contributed by atoms with Crippen LogP contribution in [0.15, 0.2) is 57.9 Å². The van der Waals surface area contributed by atoms with Gasteiger partial charge in [-0.2, -0.15) is 5.10 Å². The molecule has 1 saturated carbocycles. The molecular formula is C28H31N5O2. The van der Waals surface area contributed by atoms with Gasteiger partial charge in [0.05, 0.1) is 16.9 Å². The van der Waals surface area contributed by atoms with E-state index in [1.54, 1.807) is 0 Å². The van der Waals surface area contributed by atoms with Gasteiger partial charge in [-0.1, -0.05) is 37.5 Å². The second kappa shape index (κ2) is 9.30. The summed E-state index contributed by atoms with van der Waals surface area (Å²) >= 11 is 0. The molecular weight excluding hydrogens is 438 g/mol. The first-order valence-corrected chi connectivity index (χ1v) is 12.7. The third-order valence-corrected chi connectivity index (χ3v) is 7.34. The number of aromatic amines is 1. The van der Waals surface area contributed by atoms with Crippen molar-refractivity contribution >= 4 is 0 Å². The van der Waals surface area contributed by atoms with E-state index < -0.39 is 0 Å².